The number of hydrazone groups is 1. The van der Waals surface area contributed by atoms with E-state index in [2.05, 4.69) is 9.84 Å². The van der Waals surface area contributed by atoms with Crippen LogP contribution in [0, 0.1) is 0 Å². The molecule has 1 aliphatic heterocycles. The quantitative estimate of drug-likeness (QED) is 0.653. The molecule has 0 unspecified atom stereocenters. The number of aliphatic hydroxyl groups excluding tert-OH is 1. The number of carbonyl (C=O) groups is 1. The minimum Gasteiger partial charge on any atom is -0.505 e. The van der Waals surface area contributed by atoms with Crippen LogP contribution >= 0.6 is 0 Å². The van der Waals surface area contributed by atoms with Crippen LogP contribution in [-0.4, -0.2) is 29.4 Å². The lowest BCUT2D eigenvalue weighted by Crippen LogP contribution is -2.28. The van der Waals surface area contributed by atoms with Gasteiger partial charge in [0.1, 0.15) is 0 Å². The Hall–Kier alpha value is -2.77. The van der Waals surface area contributed by atoms with E-state index >= 15 is 0 Å². The molecule has 0 fully saturated rings. The number of alkyl halides is 3. The molecule has 1 N–H and O–H groups in total. The Morgan fingerprint density at radius 1 is 1.36 bits per heavy atom. The molecule has 1 aromatic carbocycles. The highest BCUT2D eigenvalue weighted by Gasteiger charge is 2.37. The first-order valence-corrected chi connectivity index (χ1v) is 7.48. The van der Waals surface area contributed by atoms with Crippen LogP contribution < -0.4 is 0 Å². The van der Waals surface area contributed by atoms with E-state index in [-0.39, 0.29) is 22.5 Å². The zero-order valence-electron chi connectivity index (χ0n) is 13.9. The molecule has 0 aromatic heterocycles. The SMILES string of the molecule is C/C=N\N1C(C(=O)OC)=C(O)c2ccc(C(F)(F)F)cc2/C1=C\CC. The number of hydrogen-bond donors (Lipinski definition) is 1. The molecule has 0 saturated heterocycles. The number of hydrogen-bond acceptors (Lipinski definition) is 5. The Morgan fingerprint density at radius 2 is 2.04 bits per heavy atom. The summed E-state index contributed by atoms with van der Waals surface area (Å²) in [4.78, 5) is 12.1. The lowest BCUT2D eigenvalue weighted by atomic mass is 9.94. The zero-order chi connectivity index (χ0) is 18.8. The normalized spacial score (nSPS) is 16.6. The van der Waals surface area contributed by atoms with E-state index in [9.17, 15) is 23.1 Å². The van der Waals surface area contributed by atoms with E-state index in [0.29, 0.717) is 6.42 Å². The summed E-state index contributed by atoms with van der Waals surface area (Å²) in [6.07, 6.45) is -1.07. The van der Waals surface area contributed by atoms with Gasteiger partial charge in [-0.05, 0) is 31.5 Å². The van der Waals surface area contributed by atoms with Crippen molar-refractivity contribution in [3.8, 4) is 0 Å². The first kappa shape index (κ1) is 18.6. The largest absolute Gasteiger partial charge is 0.505 e. The van der Waals surface area contributed by atoms with E-state index in [1.807, 2.05) is 0 Å². The molecular formula is C17H17F3N2O3. The van der Waals surface area contributed by atoms with Crippen molar-refractivity contribution in [3.05, 3.63) is 46.7 Å². The minimum absolute atomic E-state index is 0.107. The van der Waals surface area contributed by atoms with Gasteiger partial charge >= 0.3 is 12.1 Å². The lowest BCUT2D eigenvalue weighted by Gasteiger charge is -2.30. The first-order chi connectivity index (χ1) is 11.8. The maximum absolute atomic E-state index is 13.1. The second kappa shape index (κ2) is 7.00. The molecule has 1 heterocycles. The van der Waals surface area contributed by atoms with Gasteiger partial charge < -0.3 is 9.84 Å². The van der Waals surface area contributed by atoms with Crippen LogP contribution in [0.1, 0.15) is 37.0 Å². The highest BCUT2D eigenvalue weighted by Crippen LogP contribution is 2.41. The maximum Gasteiger partial charge on any atom is 0.416 e. The van der Waals surface area contributed by atoms with Crippen molar-refractivity contribution in [2.75, 3.05) is 7.11 Å². The monoisotopic (exact) mass is 354 g/mol. The van der Waals surface area contributed by atoms with Gasteiger partial charge in [-0.25, -0.2) is 9.80 Å². The summed E-state index contributed by atoms with van der Waals surface area (Å²) < 4.78 is 43.9. The molecule has 1 aromatic rings. The van der Waals surface area contributed by atoms with E-state index in [4.69, 9.17) is 0 Å². The van der Waals surface area contributed by atoms with Gasteiger partial charge in [-0.2, -0.15) is 18.3 Å². The van der Waals surface area contributed by atoms with Gasteiger partial charge in [0.25, 0.3) is 0 Å². The van der Waals surface area contributed by atoms with Gasteiger partial charge in [0.2, 0.25) is 0 Å². The van der Waals surface area contributed by atoms with Crippen molar-refractivity contribution >= 4 is 23.6 Å². The molecule has 0 atom stereocenters. The fraction of sp³-hybridized carbons (Fsp3) is 0.294. The highest BCUT2D eigenvalue weighted by atomic mass is 19.4. The predicted octanol–water partition coefficient (Wildman–Crippen LogP) is 4.18. The van der Waals surface area contributed by atoms with Gasteiger partial charge in [0.15, 0.2) is 11.5 Å². The summed E-state index contributed by atoms with van der Waals surface area (Å²) >= 11 is 0. The van der Waals surface area contributed by atoms with E-state index < -0.39 is 23.5 Å². The Kier molecular flexibility index (Phi) is 5.20. The smallest absolute Gasteiger partial charge is 0.416 e. The third kappa shape index (κ3) is 3.38. The van der Waals surface area contributed by atoms with Crippen LogP contribution in [0.15, 0.2) is 35.1 Å². The lowest BCUT2D eigenvalue weighted by molar-refractivity contribution is -0.138. The summed E-state index contributed by atoms with van der Waals surface area (Å²) in [5, 5.41) is 15.6. The second-order valence-corrected chi connectivity index (χ2v) is 5.13. The van der Waals surface area contributed by atoms with E-state index in [1.165, 1.54) is 6.21 Å². The molecule has 0 saturated carbocycles. The summed E-state index contributed by atoms with van der Waals surface area (Å²) in [6, 6.07) is 2.92. The number of allylic oxidation sites excluding steroid dienone is 1. The number of nitrogens with zero attached hydrogens (tertiary/aromatic N) is 2. The number of benzene rings is 1. The standard InChI is InChI=1S/C17H17F3N2O3/c1-4-6-13-12-9-10(17(18,19)20)7-8-11(12)15(23)14(16(24)25-3)22(13)21-5-2/h5-9,23H,4H2,1-3H3/b13-6+,21-5-. The molecule has 0 radical (unpaired) electrons. The Bertz CT molecular complexity index is 780. The average molecular weight is 354 g/mol. The molecule has 2 rings (SSSR count). The molecule has 1 aliphatic rings. The number of methoxy groups -OCH3 is 1. The second-order valence-electron chi connectivity index (χ2n) is 5.13. The van der Waals surface area contributed by atoms with Crippen LogP contribution in [0.5, 0.6) is 0 Å². The molecule has 0 bridgehead atoms. The van der Waals surface area contributed by atoms with Crippen molar-refractivity contribution in [2.24, 2.45) is 5.10 Å². The van der Waals surface area contributed by atoms with Crippen molar-refractivity contribution in [1.29, 1.82) is 0 Å². The van der Waals surface area contributed by atoms with E-state index in [1.54, 1.807) is 19.9 Å². The molecule has 25 heavy (non-hydrogen) atoms. The predicted molar refractivity (Wildman–Crippen MR) is 87.3 cm³/mol. The summed E-state index contributed by atoms with van der Waals surface area (Å²) in [5.41, 5.74) is -0.612. The van der Waals surface area contributed by atoms with Crippen LogP contribution in [0.25, 0.3) is 11.5 Å². The van der Waals surface area contributed by atoms with Crippen LogP contribution in [-0.2, 0) is 15.7 Å². The molecule has 134 valence electrons. The van der Waals surface area contributed by atoms with Crippen LogP contribution in [0.3, 0.4) is 0 Å². The molecular weight excluding hydrogens is 337 g/mol. The van der Waals surface area contributed by atoms with Gasteiger partial charge in [0.05, 0.1) is 18.4 Å². The average Bonchev–Trinajstić information content (AvgIpc) is 2.57. The molecule has 0 spiro atoms. The highest BCUT2D eigenvalue weighted by molar-refractivity contribution is 6.01. The number of ether oxygens (including phenoxy) is 1. The molecule has 0 amide bonds. The first-order valence-electron chi connectivity index (χ1n) is 7.48. The number of aliphatic hydroxyl groups is 1. The number of fused-ring (bicyclic) bond motifs is 1. The van der Waals surface area contributed by atoms with Crippen LogP contribution in [0.2, 0.25) is 0 Å². The van der Waals surface area contributed by atoms with Crippen molar-refractivity contribution in [3.63, 3.8) is 0 Å². The molecule has 0 aliphatic carbocycles. The fourth-order valence-electron chi connectivity index (χ4n) is 2.51. The summed E-state index contributed by atoms with van der Waals surface area (Å²) in [5.74, 6) is -1.34. The molecule has 8 heteroatoms. The fourth-order valence-corrected chi connectivity index (χ4v) is 2.51. The van der Waals surface area contributed by atoms with E-state index in [0.717, 1.165) is 30.3 Å². The topological polar surface area (TPSA) is 62.1 Å². The Morgan fingerprint density at radius 3 is 2.56 bits per heavy atom. The number of rotatable bonds is 3. The minimum atomic E-state index is -4.53. The summed E-state index contributed by atoms with van der Waals surface area (Å²) in [7, 11) is 1.14. The van der Waals surface area contributed by atoms with Gasteiger partial charge in [0, 0.05) is 17.3 Å². The molecule has 5 nitrogen and oxygen atoms in total. The van der Waals surface area contributed by atoms with Crippen molar-refractivity contribution in [2.45, 2.75) is 26.4 Å². The van der Waals surface area contributed by atoms with Crippen molar-refractivity contribution in [1.82, 2.24) is 5.01 Å². The third-order valence-electron chi connectivity index (χ3n) is 3.55. The van der Waals surface area contributed by atoms with Gasteiger partial charge in [-0.1, -0.05) is 13.0 Å². The zero-order valence-corrected chi connectivity index (χ0v) is 13.9. The van der Waals surface area contributed by atoms with Crippen molar-refractivity contribution < 1.29 is 27.8 Å². The Balaban J connectivity index is 2.82. The maximum atomic E-state index is 13.1. The number of carbonyl (C=O) groups excluding carboxylic acids is 1. The van der Waals surface area contributed by atoms with Gasteiger partial charge in [-0.3, -0.25) is 0 Å². The number of esters is 1. The van der Waals surface area contributed by atoms with Crippen LogP contribution in [0.4, 0.5) is 13.2 Å². The summed E-state index contributed by atoms with van der Waals surface area (Å²) in [6.45, 7) is 3.38. The van der Waals surface area contributed by atoms with Gasteiger partial charge in [-0.15, -0.1) is 0 Å². The number of halogens is 3. The Labute approximate surface area is 142 Å². The third-order valence-corrected chi connectivity index (χ3v) is 3.55.